The number of fused-ring (bicyclic) bond motifs is 2. The fraction of sp³-hybridized carbons (Fsp3) is 0.531. The number of nitrogens with zero attached hydrogens (tertiary/aromatic N) is 7. The van der Waals surface area contributed by atoms with E-state index >= 15 is 8.78 Å². The lowest BCUT2D eigenvalue weighted by Crippen LogP contribution is -2.63. The van der Waals surface area contributed by atoms with Crippen molar-refractivity contribution in [2.45, 2.75) is 115 Å². The number of aromatic nitrogens is 4. The van der Waals surface area contributed by atoms with Crippen molar-refractivity contribution in [3.8, 4) is 22.4 Å². The number of aliphatic hydroxyl groups is 1. The first-order valence-corrected chi connectivity index (χ1v) is 24.3. The third-order valence-corrected chi connectivity index (χ3v) is 14.4. The van der Waals surface area contributed by atoms with Crippen LogP contribution in [0, 0.1) is 22.5 Å². The molecule has 4 aromatic rings. The molecule has 6 N–H and O–H groups in total. The third kappa shape index (κ3) is 13.2. The highest BCUT2D eigenvalue weighted by molar-refractivity contribution is 5.87. The SMILES string of the molecule is COC(=O)NC(C(=O)NC(Cc1ccc(-c2cnc(N3C[C@H]4C[C@@H]3CN4C3COC3)nc2)cc1)C(O)CN(Cc1c(F)cc(-c2ccn(CC(F)F)n2)cc1F)NC(=O)C(NC(=O)O)C(C)(C)C(F)(F)F)C(C)(C)C(F)(F)F. The number of carboxylic acid groups (broad SMARTS) is 1. The number of rotatable bonds is 21. The minimum absolute atomic E-state index is 0.166. The molecule has 29 heteroatoms. The molecule has 3 saturated heterocycles. The molecule has 0 saturated carbocycles. The smallest absolute Gasteiger partial charge is 0.407 e. The van der Waals surface area contributed by atoms with E-state index in [1.165, 1.54) is 23.5 Å². The summed E-state index contributed by atoms with van der Waals surface area (Å²) in [5.74, 6) is -5.58. The molecular formula is C49H57F10N11O8. The van der Waals surface area contributed by atoms with E-state index in [4.69, 9.17) is 4.74 Å². The van der Waals surface area contributed by atoms with Crippen LogP contribution >= 0.6 is 0 Å². The molecule has 6 atom stereocenters. The minimum atomic E-state index is -5.28. The van der Waals surface area contributed by atoms with Gasteiger partial charge in [-0.25, -0.2) is 42.1 Å². The van der Waals surface area contributed by atoms with Gasteiger partial charge in [0.05, 0.1) is 55.0 Å². The molecule has 2 aromatic carbocycles. The Bertz CT molecular complexity index is 2760. The number of benzene rings is 2. The molecule has 4 unspecified atom stereocenters. The fourth-order valence-corrected chi connectivity index (χ4v) is 9.41. The number of carbonyl (C=O) groups is 4. The Balaban J connectivity index is 1.20. The molecule has 3 fully saturated rings. The van der Waals surface area contributed by atoms with E-state index in [9.17, 15) is 64.5 Å². The number of likely N-dealkylation sites (tertiary alicyclic amines) is 1. The van der Waals surface area contributed by atoms with Crippen molar-refractivity contribution in [2.75, 3.05) is 44.9 Å². The number of alkyl halides is 8. The molecule has 0 spiro atoms. The molecule has 426 valence electrons. The number of methoxy groups -OCH3 is 1. The average Bonchev–Trinajstić information content (AvgIpc) is 4.18. The largest absolute Gasteiger partial charge is 0.465 e. The standard InChI is InChI=1S/C49H57F10N11O8/c1-46(2,48(54,55)56)39(64-45(76)77-5)41(72)62-36(12-25-6-8-26(9-7-25)28-16-60-43(61-17-28)70-19-29-15-30(70)18-69(29)31-23-78-24-31)37(71)21-68(66-42(73)40(63-44(74)75)47(3,4)49(57,58)59)20-32-33(50)13-27(14-34(32)51)35-10-11-67(65-35)22-38(52)53/h6-11,13-14,16-17,29-31,36-40,63,71H,12,15,18-24H2,1-5H3,(H,62,72)(H,64,76)(H,66,73)(H,74,75)/t29-,30-,36?,37?,39?,40?/m1/s1. The number of nitrogens with one attached hydrogen (secondary N) is 4. The third-order valence-electron chi connectivity index (χ3n) is 14.4. The highest BCUT2D eigenvalue weighted by Gasteiger charge is 2.57. The van der Waals surface area contributed by atoms with Gasteiger partial charge >= 0.3 is 24.5 Å². The number of anilines is 1. The maximum atomic E-state index is 16.1. The number of hydrazine groups is 1. The molecule has 7 rings (SSSR count). The van der Waals surface area contributed by atoms with E-state index in [1.807, 2.05) is 10.7 Å². The summed E-state index contributed by atoms with van der Waals surface area (Å²) < 4.78 is 156. The van der Waals surface area contributed by atoms with Gasteiger partial charge in [-0.1, -0.05) is 24.3 Å². The van der Waals surface area contributed by atoms with E-state index in [-0.39, 0.29) is 22.9 Å². The fourth-order valence-electron chi connectivity index (χ4n) is 9.41. The van der Waals surface area contributed by atoms with Crippen molar-refractivity contribution in [3.63, 3.8) is 0 Å². The Labute approximate surface area is 439 Å². The summed E-state index contributed by atoms with van der Waals surface area (Å²) in [6.07, 6.45) is -14.2. The van der Waals surface area contributed by atoms with Gasteiger partial charge < -0.3 is 40.5 Å². The number of alkyl carbamates (subject to hydrolysis) is 1. The van der Waals surface area contributed by atoms with Crippen LogP contribution < -0.4 is 26.3 Å². The van der Waals surface area contributed by atoms with Gasteiger partial charge in [0.15, 0.2) is 0 Å². The zero-order valence-electron chi connectivity index (χ0n) is 42.5. The highest BCUT2D eigenvalue weighted by atomic mass is 19.4. The van der Waals surface area contributed by atoms with Crippen LogP contribution in [0.2, 0.25) is 0 Å². The highest BCUT2D eigenvalue weighted by Crippen LogP contribution is 2.42. The van der Waals surface area contributed by atoms with Crippen molar-refractivity contribution >= 4 is 29.9 Å². The normalized spacial score (nSPS) is 18.8. The van der Waals surface area contributed by atoms with Crippen LogP contribution in [0.15, 0.2) is 61.1 Å². The van der Waals surface area contributed by atoms with E-state index in [1.54, 1.807) is 24.5 Å². The van der Waals surface area contributed by atoms with E-state index in [2.05, 4.69) is 34.9 Å². The molecule has 0 radical (unpaired) electrons. The number of aliphatic hydroxyl groups excluding tert-OH is 1. The molecule has 3 aliphatic heterocycles. The second-order valence-electron chi connectivity index (χ2n) is 20.4. The zero-order valence-corrected chi connectivity index (χ0v) is 42.5. The Morgan fingerprint density at radius 3 is 1.92 bits per heavy atom. The Morgan fingerprint density at radius 2 is 1.41 bits per heavy atom. The number of halogens is 10. The number of hydrogen-bond acceptors (Lipinski definition) is 13. The Hall–Kier alpha value is -6.85. The van der Waals surface area contributed by atoms with E-state index in [0.717, 1.165) is 37.5 Å². The molecule has 3 aliphatic rings. The van der Waals surface area contributed by atoms with Crippen LogP contribution in [0.5, 0.6) is 0 Å². The summed E-state index contributed by atoms with van der Waals surface area (Å²) in [5.41, 5.74) is -4.19. The minimum Gasteiger partial charge on any atom is -0.465 e. The molecule has 0 aliphatic carbocycles. The molecule has 5 heterocycles. The molecule has 2 aromatic heterocycles. The lowest BCUT2D eigenvalue weighted by Gasteiger charge is -2.42. The molecule has 19 nitrogen and oxygen atoms in total. The Morgan fingerprint density at radius 1 is 0.808 bits per heavy atom. The van der Waals surface area contributed by atoms with Gasteiger partial charge in [0.25, 0.3) is 12.3 Å². The van der Waals surface area contributed by atoms with Crippen LogP contribution in [0.4, 0.5) is 59.4 Å². The van der Waals surface area contributed by atoms with Gasteiger partial charge in [0, 0.05) is 73.5 Å². The number of amides is 4. The molecular weight excluding hydrogens is 1060 g/mol. The summed E-state index contributed by atoms with van der Waals surface area (Å²) in [4.78, 5) is 66.0. The van der Waals surface area contributed by atoms with E-state index in [0.29, 0.717) is 87.2 Å². The maximum absolute atomic E-state index is 16.1. The topological polar surface area (TPSA) is 229 Å². The van der Waals surface area contributed by atoms with Crippen LogP contribution in [0.1, 0.15) is 45.2 Å². The lowest BCUT2D eigenvalue weighted by atomic mass is 9.82. The van der Waals surface area contributed by atoms with Crippen molar-refractivity contribution in [1.82, 2.24) is 51.0 Å². The van der Waals surface area contributed by atoms with Gasteiger partial charge in [-0.05, 0) is 69.9 Å². The van der Waals surface area contributed by atoms with E-state index < -0.39 is 121 Å². The van der Waals surface area contributed by atoms with Crippen molar-refractivity contribution in [1.29, 1.82) is 0 Å². The van der Waals surface area contributed by atoms with Gasteiger partial charge in [0.2, 0.25) is 11.9 Å². The molecule has 2 bridgehead atoms. The summed E-state index contributed by atoms with van der Waals surface area (Å²) in [6, 6.07) is 2.88. The van der Waals surface area contributed by atoms with Gasteiger partial charge in [-0.15, -0.1) is 0 Å². The first-order valence-electron chi connectivity index (χ1n) is 24.3. The van der Waals surface area contributed by atoms with Crippen molar-refractivity contribution in [3.05, 3.63) is 83.8 Å². The predicted molar refractivity (Wildman–Crippen MR) is 256 cm³/mol. The van der Waals surface area contributed by atoms with Crippen LogP contribution in [0.3, 0.4) is 0 Å². The summed E-state index contributed by atoms with van der Waals surface area (Å²) in [5, 5.41) is 31.5. The maximum Gasteiger partial charge on any atom is 0.407 e. The predicted octanol–water partition coefficient (Wildman–Crippen LogP) is 5.67. The first kappa shape index (κ1) is 58.8. The van der Waals surface area contributed by atoms with Crippen molar-refractivity contribution < 1.29 is 82.8 Å². The average molecular weight is 1120 g/mol. The van der Waals surface area contributed by atoms with Gasteiger partial charge in [-0.3, -0.25) is 24.6 Å². The molecule has 78 heavy (non-hydrogen) atoms. The number of piperazine rings is 1. The summed E-state index contributed by atoms with van der Waals surface area (Å²) >= 11 is 0. The molecule has 4 amide bonds. The summed E-state index contributed by atoms with van der Waals surface area (Å²) in [6.45, 7) is 1.99. The quantitative estimate of drug-likeness (QED) is 0.0437. The number of carbonyl (C=O) groups excluding carboxylic acids is 3. The second kappa shape index (κ2) is 23.2. The van der Waals surface area contributed by atoms with Crippen molar-refractivity contribution in [2.24, 2.45) is 10.8 Å². The number of hydrogen-bond donors (Lipinski definition) is 6. The zero-order chi connectivity index (χ0) is 57.2. The number of ether oxygens (including phenoxy) is 2. The van der Waals surface area contributed by atoms with Crippen LogP contribution in [-0.4, -0.2) is 165 Å². The summed E-state index contributed by atoms with van der Waals surface area (Å²) in [7, 11) is 0.816. The Kier molecular flexibility index (Phi) is 17.5. The first-order chi connectivity index (χ1) is 36.5. The van der Waals surface area contributed by atoms with Crippen LogP contribution in [-0.2, 0) is 38.6 Å². The second-order valence-corrected chi connectivity index (χ2v) is 20.4. The lowest BCUT2D eigenvalue weighted by molar-refractivity contribution is -0.221. The van der Waals surface area contributed by atoms with Crippen LogP contribution in [0.25, 0.3) is 22.4 Å². The van der Waals surface area contributed by atoms with Gasteiger partial charge in [0.1, 0.15) is 30.3 Å². The van der Waals surface area contributed by atoms with Gasteiger partial charge in [-0.2, -0.15) is 31.4 Å². The monoisotopic (exact) mass is 1120 g/mol.